The van der Waals surface area contributed by atoms with E-state index in [1.54, 1.807) is 0 Å². The first-order valence-electron chi connectivity index (χ1n) is 7.42. The zero-order valence-electron chi connectivity index (χ0n) is 13.4. The van der Waals surface area contributed by atoms with Gasteiger partial charge in [-0.1, -0.05) is 35.9 Å². The van der Waals surface area contributed by atoms with Gasteiger partial charge in [0.05, 0.1) is 12.2 Å². The van der Waals surface area contributed by atoms with E-state index in [0.29, 0.717) is 6.54 Å². The number of hydrogen-bond acceptors (Lipinski definition) is 3. The van der Waals surface area contributed by atoms with Crippen LogP contribution in [0.4, 0.5) is 0 Å². The fraction of sp³-hybridized carbons (Fsp3) is 0.222. The second-order valence-electron chi connectivity index (χ2n) is 5.78. The van der Waals surface area contributed by atoms with Crippen molar-refractivity contribution >= 4 is 11.5 Å². The summed E-state index contributed by atoms with van der Waals surface area (Å²) in [5.41, 5.74) is 4.77. The van der Waals surface area contributed by atoms with Crippen LogP contribution in [0.5, 0.6) is 0 Å². The van der Waals surface area contributed by atoms with Gasteiger partial charge in [0.1, 0.15) is 0 Å². The molecule has 0 spiro atoms. The standard InChI is InChI=1S/C18H18N2O2S/c1-12-5-4-6-15(9-12)11-19-17(21)20(23-18(19)22)16-8-7-13(2)14(3)10-16/h4-10H,11H2,1-3H3. The average Bonchev–Trinajstić information content (AvgIpc) is 2.78. The van der Waals surface area contributed by atoms with E-state index in [4.69, 9.17) is 0 Å². The van der Waals surface area contributed by atoms with Crippen molar-refractivity contribution in [2.45, 2.75) is 27.3 Å². The van der Waals surface area contributed by atoms with Gasteiger partial charge in [0, 0.05) is 11.5 Å². The van der Waals surface area contributed by atoms with Gasteiger partial charge in [0.2, 0.25) is 0 Å². The molecule has 0 fully saturated rings. The van der Waals surface area contributed by atoms with Gasteiger partial charge < -0.3 is 0 Å². The Morgan fingerprint density at radius 2 is 1.74 bits per heavy atom. The Morgan fingerprint density at radius 3 is 2.43 bits per heavy atom. The summed E-state index contributed by atoms with van der Waals surface area (Å²) >= 11 is 0.944. The van der Waals surface area contributed by atoms with Crippen molar-refractivity contribution in [2.75, 3.05) is 0 Å². The van der Waals surface area contributed by atoms with E-state index in [2.05, 4.69) is 0 Å². The van der Waals surface area contributed by atoms with Crippen LogP contribution >= 0.6 is 11.5 Å². The fourth-order valence-electron chi connectivity index (χ4n) is 2.49. The minimum absolute atomic E-state index is 0.241. The van der Waals surface area contributed by atoms with E-state index in [9.17, 15) is 9.59 Å². The number of rotatable bonds is 3. The van der Waals surface area contributed by atoms with Gasteiger partial charge in [-0.25, -0.2) is 13.3 Å². The van der Waals surface area contributed by atoms with Crippen molar-refractivity contribution < 1.29 is 0 Å². The third-order valence-corrected chi connectivity index (χ3v) is 4.87. The lowest BCUT2D eigenvalue weighted by Crippen LogP contribution is -2.28. The van der Waals surface area contributed by atoms with Crippen molar-refractivity contribution in [2.24, 2.45) is 0 Å². The molecule has 3 aromatic rings. The molecule has 0 atom stereocenters. The smallest absolute Gasteiger partial charge is 0.255 e. The molecule has 1 aromatic heterocycles. The quantitative estimate of drug-likeness (QED) is 0.742. The third kappa shape index (κ3) is 3.05. The molecule has 118 valence electrons. The normalized spacial score (nSPS) is 10.9. The van der Waals surface area contributed by atoms with E-state index in [1.807, 2.05) is 63.2 Å². The van der Waals surface area contributed by atoms with Crippen LogP contribution in [0.3, 0.4) is 0 Å². The molecule has 0 saturated heterocycles. The summed E-state index contributed by atoms with van der Waals surface area (Å²) in [5, 5.41) is 0. The van der Waals surface area contributed by atoms with Crippen molar-refractivity contribution in [1.29, 1.82) is 0 Å². The van der Waals surface area contributed by atoms with Crippen molar-refractivity contribution in [3.05, 3.63) is 84.9 Å². The van der Waals surface area contributed by atoms with Crippen LogP contribution in [0.1, 0.15) is 22.3 Å². The Kier molecular flexibility index (Phi) is 4.05. The molecule has 0 radical (unpaired) electrons. The summed E-state index contributed by atoms with van der Waals surface area (Å²) in [5.74, 6) is 0. The Labute approximate surface area is 138 Å². The van der Waals surface area contributed by atoms with Crippen molar-refractivity contribution in [3.8, 4) is 5.69 Å². The first-order chi connectivity index (χ1) is 11.0. The van der Waals surface area contributed by atoms with E-state index in [1.165, 1.54) is 8.52 Å². The first kappa shape index (κ1) is 15.5. The van der Waals surface area contributed by atoms with Gasteiger partial charge in [-0.15, -0.1) is 0 Å². The Hall–Kier alpha value is -2.40. The largest absolute Gasteiger partial charge is 0.346 e. The molecule has 0 saturated carbocycles. The molecule has 1 heterocycles. The number of hydrogen-bond donors (Lipinski definition) is 0. The second-order valence-corrected chi connectivity index (χ2v) is 6.67. The van der Waals surface area contributed by atoms with Crippen LogP contribution in [0, 0.1) is 20.8 Å². The second kappa shape index (κ2) is 6.01. The van der Waals surface area contributed by atoms with Crippen LogP contribution in [-0.2, 0) is 6.54 Å². The number of benzene rings is 2. The van der Waals surface area contributed by atoms with Gasteiger partial charge in [0.25, 0.3) is 0 Å². The SMILES string of the molecule is Cc1cccc(Cn2c(=O)sn(-c3ccc(C)c(C)c3)c2=O)c1. The summed E-state index contributed by atoms with van der Waals surface area (Å²) < 4.78 is 2.75. The van der Waals surface area contributed by atoms with Crippen LogP contribution < -0.4 is 10.6 Å². The molecule has 0 aliphatic heterocycles. The molecule has 23 heavy (non-hydrogen) atoms. The number of aryl methyl sites for hydroxylation is 3. The molecule has 5 heteroatoms. The molecule has 4 nitrogen and oxygen atoms in total. The lowest BCUT2D eigenvalue weighted by Gasteiger charge is -2.04. The highest BCUT2D eigenvalue weighted by Gasteiger charge is 2.12. The molecule has 0 unspecified atom stereocenters. The predicted octanol–water partition coefficient (Wildman–Crippen LogP) is 3.03. The monoisotopic (exact) mass is 326 g/mol. The van der Waals surface area contributed by atoms with Crippen LogP contribution in [-0.4, -0.2) is 8.52 Å². The van der Waals surface area contributed by atoms with Crippen molar-refractivity contribution in [3.63, 3.8) is 0 Å². The maximum Gasteiger partial charge on any atom is 0.346 e. The zero-order valence-corrected chi connectivity index (χ0v) is 14.2. The third-order valence-electron chi connectivity index (χ3n) is 3.94. The van der Waals surface area contributed by atoms with Gasteiger partial charge in [-0.05, 0) is 49.6 Å². The number of aromatic nitrogens is 2. The molecule has 2 aromatic carbocycles. The molecule has 3 rings (SSSR count). The van der Waals surface area contributed by atoms with E-state index in [-0.39, 0.29) is 10.6 Å². The maximum atomic E-state index is 12.6. The van der Waals surface area contributed by atoms with Crippen LogP contribution in [0.25, 0.3) is 5.69 Å². The Bertz CT molecular complexity index is 979. The van der Waals surface area contributed by atoms with Gasteiger partial charge in [0.15, 0.2) is 0 Å². The summed E-state index contributed by atoms with van der Waals surface area (Å²) in [6.07, 6.45) is 0. The summed E-state index contributed by atoms with van der Waals surface area (Å²) in [6, 6.07) is 13.6. The highest BCUT2D eigenvalue weighted by atomic mass is 32.1. The first-order valence-corrected chi connectivity index (χ1v) is 8.19. The lowest BCUT2D eigenvalue weighted by molar-refractivity contribution is 0.722. The average molecular weight is 326 g/mol. The minimum Gasteiger partial charge on any atom is -0.255 e. The Morgan fingerprint density at radius 1 is 0.957 bits per heavy atom. The van der Waals surface area contributed by atoms with Gasteiger partial charge >= 0.3 is 10.6 Å². The Balaban J connectivity index is 2.04. The van der Waals surface area contributed by atoms with E-state index >= 15 is 0 Å². The summed E-state index contributed by atoms with van der Waals surface area (Å²) in [7, 11) is 0. The molecule has 0 amide bonds. The molecule has 0 N–H and O–H groups in total. The molecular weight excluding hydrogens is 308 g/mol. The minimum atomic E-state index is -0.287. The molecule has 0 bridgehead atoms. The fourth-order valence-corrected chi connectivity index (χ4v) is 3.29. The van der Waals surface area contributed by atoms with Crippen LogP contribution in [0.2, 0.25) is 0 Å². The van der Waals surface area contributed by atoms with E-state index < -0.39 is 0 Å². The molecule has 0 aliphatic carbocycles. The molecule has 0 aliphatic rings. The predicted molar refractivity (Wildman–Crippen MR) is 93.9 cm³/mol. The van der Waals surface area contributed by atoms with Gasteiger partial charge in [-0.3, -0.25) is 4.79 Å². The zero-order chi connectivity index (χ0) is 16.6. The maximum absolute atomic E-state index is 12.6. The van der Waals surface area contributed by atoms with E-state index in [0.717, 1.165) is 39.5 Å². The van der Waals surface area contributed by atoms with Crippen LogP contribution in [0.15, 0.2) is 52.1 Å². The highest BCUT2D eigenvalue weighted by molar-refractivity contribution is 7.03. The topological polar surface area (TPSA) is 44.0 Å². The number of nitrogens with zero attached hydrogens (tertiary/aromatic N) is 2. The van der Waals surface area contributed by atoms with Crippen molar-refractivity contribution in [1.82, 2.24) is 8.52 Å². The summed E-state index contributed by atoms with van der Waals surface area (Å²) in [4.78, 5) is 24.6. The highest BCUT2D eigenvalue weighted by Crippen LogP contribution is 2.13. The van der Waals surface area contributed by atoms with Gasteiger partial charge in [-0.2, -0.15) is 0 Å². The lowest BCUT2D eigenvalue weighted by atomic mass is 10.1. The molecular formula is C18H18N2O2S. The summed E-state index contributed by atoms with van der Waals surface area (Å²) in [6.45, 7) is 6.31.